The van der Waals surface area contributed by atoms with Crippen LogP contribution >= 0.6 is 0 Å². The molecule has 0 bridgehead atoms. The molecule has 2 aliphatic heterocycles. The molecule has 1 amide bonds. The van der Waals surface area contributed by atoms with E-state index in [1.165, 1.54) is 17.7 Å². The molecular weight excluding hydrogens is 292 g/mol. The van der Waals surface area contributed by atoms with E-state index in [1.54, 1.807) is 0 Å². The molecule has 0 aliphatic carbocycles. The highest BCUT2D eigenvalue weighted by atomic mass is 28.4. The van der Waals surface area contributed by atoms with Crippen molar-refractivity contribution in [3.8, 4) is 0 Å². The summed E-state index contributed by atoms with van der Waals surface area (Å²) in [5, 5.41) is 0. The second-order valence-corrected chi connectivity index (χ2v) is 17.4. The molecule has 3 rings (SSSR count). The van der Waals surface area contributed by atoms with E-state index in [1.807, 2.05) is 18.0 Å². The van der Waals surface area contributed by atoms with Crippen LogP contribution in [0.2, 0.25) is 38.3 Å². The van der Waals surface area contributed by atoms with Gasteiger partial charge < -0.3 is 9.13 Å². The molecule has 0 unspecified atom stereocenters. The minimum absolute atomic E-state index is 0.100. The van der Waals surface area contributed by atoms with Gasteiger partial charge in [0.15, 0.2) is 0 Å². The van der Waals surface area contributed by atoms with E-state index in [0.717, 1.165) is 0 Å². The molecule has 2 atom stereocenters. The van der Waals surface area contributed by atoms with Gasteiger partial charge in [0.05, 0.1) is 6.04 Å². The largest absolute Gasteiger partial charge is 0.335 e. The van der Waals surface area contributed by atoms with Gasteiger partial charge in [-0.1, -0.05) is 56.5 Å². The SMILES string of the molecule is CN1C(=O)[C@H](N2[Si](C)(C)CC[Si]2(C)C)[C@H]1c1ccccc1. The molecule has 0 N–H and O–H groups in total. The standard InChI is InChI=1S/C16H26N2OSi2/c1-17-14(13-9-7-6-8-10-13)15(16(17)19)18-20(2,3)11-12-21(18,4)5/h6-10,14-15H,11-12H2,1-5H3/t14-,15-/m1/s1. The minimum atomic E-state index is -1.44. The van der Waals surface area contributed by atoms with E-state index in [0.29, 0.717) is 5.91 Å². The van der Waals surface area contributed by atoms with E-state index in [-0.39, 0.29) is 12.1 Å². The third-order valence-corrected chi connectivity index (χ3v) is 15.6. The first-order chi connectivity index (χ1) is 9.76. The van der Waals surface area contributed by atoms with Crippen LogP contribution in [0, 0.1) is 0 Å². The molecule has 0 radical (unpaired) electrons. The smallest absolute Gasteiger partial charge is 0.241 e. The second kappa shape index (κ2) is 4.79. The molecule has 114 valence electrons. The van der Waals surface area contributed by atoms with Crippen molar-refractivity contribution in [2.75, 3.05) is 7.05 Å². The number of carbonyl (C=O) groups excluding carboxylic acids is 1. The summed E-state index contributed by atoms with van der Waals surface area (Å²) in [5.41, 5.74) is 1.28. The van der Waals surface area contributed by atoms with Crippen molar-refractivity contribution in [2.45, 2.75) is 50.4 Å². The van der Waals surface area contributed by atoms with Gasteiger partial charge in [-0.3, -0.25) is 4.79 Å². The quantitative estimate of drug-likeness (QED) is 0.617. The van der Waals surface area contributed by atoms with Crippen LogP contribution in [0.4, 0.5) is 0 Å². The van der Waals surface area contributed by atoms with Crippen molar-refractivity contribution in [2.24, 2.45) is 0 Å². The lowest BCUT2D eigenvalue weighted by Gasteiger charge is -2.56. The predicted molar refractivity (Wildman–Crippen MR) is 92.2 cm³/mol. The van der Waals surface area contributed by atoms with E-state index in [4.69, 9.17) is 0 Å². The first-order valence-corrected chi connectivity index (χ1v) is 14.2. The number of hydrogen-bond acceptors (Lipinski definition) is 2. The molecule has 2 saturated heterocycles. The van der Waals surface area contributed by atoms with E-state index in [2.05, 4.69) is 54.7 Å². The monoisotopic (exact) mass is 318 g/mol. The highest BCUT2D eigenvalue weighted by Gasteiger charge is 2.59. The van der Waals surface area contributed by atoms with Gasteiger partial charge in [0, 0.05) is 7.05 Å². The zero-order chi connectivity index (χ0) is 15.4. The lowest BCUT2D eigenvalue weighted by atomic mass is 9.90. The third kappa shape index (κ3) is 2.22. The third-order valence-electron chi connectivity index (χ3n) is 5.39. The van der Waals surface area contributed by atoms with E-state index >= 15 is 0 Å². The van der Waals surface area contributed by atoms with Gasteiger partial charge >= 0.3 is 0 Å². The predicted octanol–water partition coefficient (Wildman–Crippen LogP) is 3.29. The van der Waals surface area contributed by atoms with Crippen molar-refractivity contribution in [3.63, 3.8) is 0 Å². The Morgan fingerprint density at radius 3 is 2.00 bits per heavy atom. The number of carbonyl (C=O) groups is 1. The summed E-state index contributed by atoms with van der Waals surface area (Å²) < 4.78 is 2.75. The molecule has 3 nitrogen and oxygen atoms in total. The number of benzene rings is 1. The van der Waals surface area contributed by atoms with Crippen LogP contribution in [0.1, 0.15) is 11.6 Å². The fourth-order valence-electron chi connectivity index (χ4n) is 4.34. The Labute approximate surface area is 130 Å². The molecular formula is C16H26N2OSi2. The number of hydrogen-bond donors (Lipinski definition) is 0. The van der Waals surface area contributed by atoms with E-state index < -0.39 is 16.5 Å². The Morgan fingerprint density at radius 2 is 1.48 bits per heavy atom. The number of nitrogens with zero attached hydrogens (tertiary/aromatic N) is 2. The van der Waals surface area contributed by atoms with Gasteiger partial charge in [-0.15, -0.1) is 0 Å². The molecule has 2 heterocycles. The molecule has 2 fully saturated rings. The van der Waals surface area contributed by atoms with E-state index in [9.17, 15) is 4.79 Å². The second-order valence-electron chi connectivity index (χ2n) is 7.74. The highest BCUT2D eigenvalue weighted by Crippen LogP contribution is 2.46. The fourth-order valence-corrected chi connectivity index (χ4v) is 19.0. The lowest BCUT2D eigenvalue weighted by molar-refractivity contribution is -0.151. The van der Waals surface area contributed by atoms with Gasteiger partial charge in [-0.25, -0.2) is 0 Å². The number of likely N-dealkylation sites (N-methyl/N-ethyl adjacent to an activating group) is 1. The summed E-state index contributed by atoms with van der Waals surface area (Å²) in [6.07, 6.45) is 0. The Morgan fingerprint density at radius 1 is 0.952 bits per heavy atom. The normalized spacial score (nSPS) is 31.3. The van der Waals surface area contributed by atoms with Gasteiger partial charge in [0.1, 0.15) is 22.5 Å². The van der Waals surface area contributed by atoms with Crippen LogP contribution < -0.4 is 0 Å². The zero-order valence-corrected chi connectivity index (χ0v) is 15.8. The number of β-lactam (4-membered cyclic amide) rings is 1. The summed E-state index contributed by atoms with van der Waals surface area (Å²) in [6, 6.07) is 13.6. The number of rotatable bonds is 2. The van der Waals surface area contributed by atoms with Crippen LogP contribution in [-0.2, 0) is 4.79 Å². The summed E-state index contributed by atoms with van der Waals surface area (Å²) in [4.78, 5) is 14.6. The first-order valence-electron chi connectivity index (χ1n) is 7.87. The molecule has 0 saturated carbocycles. The zero-order valence-electron chi connectivity index (χ0n) is 13.8. The summed E-state index contributed by atoms with van der Waals surface area (Å²) in [5.74, 6) is 0.326. The maximum absolute atomic E-state index is 12.6. The first kappa shape index (κ1) is 15.0. The maximum Gasteiger partial charge on any atom is 0.241 e. The molecule has 0 aromatic heterocycles. The molecule has 1 aromatic carbocycles. The van der Waals surface area contributed by atoms with Gasteiger partial charge in [0.25, 0.3) is 0 Å². The highest BCUT2D eigenvalue weighted by molar-refractivity contribution is 6.95. The molecule has 5 heteroatoms. The molecule has 2 aliphatic rings. The van der Waals surface area contributed by atoms with Crippen molar-refractivity contribution in [1.29, 1.82) is 0 Å². The van der Waals surface area contributed by atoms with Crippen LogP contribution in [-0.4, -0.2) is 44.6 Å². The molecule has 21 heavy (non-hydrogen) atoms. The van der Waals surface area contributed by atoms with Crippen LogP contribution in [0.3, 0.4) is 0 Å². The maximum atomic E-state index is 12.6. The van der Waals surface area contributed by atoms with Gasteiger partial charge in [-0.2, -0.15) is 0 Å². The van der Waals surface area contributed by atoms with Gasteiger partial charge in [-0.05, 0) is 17.7 Å². The van der Waals surface area contributed by atoms with Crippen LogP contribution in [0.5, 0.6) is 0 Å². The van der Waals surface area contributed by atoms with Crippen molar-refractivity contribution in [3.05, 3.63) is 35.9 Å². The fraction of sp³-hybridized carbons (Fsp3) is 0.562. The van der Waals surface area contributed by atoms with Crippen LogP contribution in [0.15, 0.2) is 30.3 Å². The Bertz CT molecular complexity index is 543. The van der Waals surface area contributed by atoms with Gasteiger partial charge in [0.2, 0.25) is 5.91 Å². The summed E-state index contributed by atoms with van der Waals surface area (Å²) >= 11 is 0. The number of likely N-dealkylation sites (tertiary alicyclic amines) is 1. The Hall–Kier alpha value is -0.916. The molecule has 1 aromatic rings. The Balaban J connectivity index is 1.98. The summed E-state index contributed by atoms with van der Waals surface area (Å²) in [7, 11) is -0.919. The van der Waals surface area contributed by atoms with Crippen molar-refractivity contribution < 1.29 is 4.79 Å². The lowest BCUT2D eigenvalue weighted by Crippen LogP contribution is -2.72. The average Bonchev–Trinajstić information content (AvgIpc) is 2.66. The Kier molecular flexibility index (Phi) is 3.42. The minimum Gasteiger partial charge on any atom is -0.335 e. The topological polar surface area (TPSA) is 23.6 Å². The summed E-state index contributed by atoms with van der Waals surface area (Å²) in [6.45, 7) is 9.79. The van der Waals surface area contributed by atoms with Crippen molar-refractivity contribution >= 4 is 22.4 Å². The number of amides is 1. The van der Waals surface area contributed by atoms with Crippen molar-refractivity contribution in [1.82, 2.24) is 9.13 Å². The van der Waals surface area contributed by atoms with Crippen LogP contribution in [0.25, 0.3) is 0 Å². The average molecular weight is 319 g/mol. The molecule has 0 spiro atoms.